The van der Waals surface area contributed by atoms with E-state index in [1.165, 1.54) is 11.1 Å². The van der Waals surface area contributed by atoms with Crippen molar-refractivity contribution in [3.8, 4) is 0 Å². The second-order valence-electron chi connectivity index (χ2n) is 6.44. The van der Waals surface area contributed by atoms with Gasteiger partial charge in [-0.05, 0) is 23.0 Å². The predicted molar refractivity (Wildman–Crippen MR) is 91.9 cm³/mol. The van der Waals surface area contributed by atoms with Gasteiger partial charge in [-0.15, -0.1) is 0 Å². The first kappa shape index (κ1) is 17.1. The van der Waals surface area contributed by atoms with Crippen LogP contribution in [0.3, 0.4) is 0 Å². The fourth-order valence-corrected chi connectivity index (χ4v) is 2.70. The Hall–Kier alpha value is -0.930. The smallest absolute Gasteiger partial charge is 0.0771 e. The summed E-state index contributed by atoms with van der Waals surface area (Å²) in [7, 11) is 0. The fraction of sp³-hybridized carbons (Fsp3) is 0.588. The highest BCUT2D eigenvalue weighted by molar-refractivity contribution is 7.80. The first-order chi connectivity index (χ1) is 9.36. The minimum absolute atomic E-state index is 0.559. The molecule has 1 rings (SSSR count). The van der Waals surface area contributed by atoms with Gasteiger partial charge in [-0.1, -0.05) is 64.2 Å². The highest BCUT2D eigenvalue weighted by Gasteiger charge is 2.10. The summed E-state index contributed by atoms with van der Waals surface area (Å²) in [6.45, 7) is 12.4. The van der Waals surface area contributed by atoms with E-state index in [0.29, 0.717) is 23.2 Å². The summed E-state index contributed by atoms with van der Waals surface area (Å²) in [5.74, 6) is 1.38. The molecule has 112 valence electrons. The van der Waals surface area contributed by atoms with Gasteiger partial charge in [0.2, 0.25) is 0 Å². The molecule has 20 heavy (non-hydrogen) atoms. The van der Waals surface area contributed by atoms with Crippen LogP contribution < -0.4 is 5.73 Å². The van der Waals surface area contributed by atoms with Crippen molar-refractivity contribution in [3.63, 3.8) is 0 Å². The molecule has 0 aliphatic rings. The molecule has 0 heterocycles. The molecule has 0 radical (unpaired) electrons. The minimum Gasteiger partial charge on any atom is -0.393 e. The highest BCUT2D eigenvalue weighted by Crippen LogP contribution is 2.12. The number of benzene rings is 1. The van der Waals surface area contributed by atoms with E-state index >= 15 is 0 Å². The van der Waals surface area contributed by atoms with Crippen molar-refractivity contribution >= 4 is 17.2 Å². The zero-order valence-corrected chi connectivity index (χ0v) is 14.0. The predicted octanol–water partition coefficient (Wildman–Crippen LogP) is 3.63. The van der Waals surface area contributed by atoms with Crippen LogP contribution in [0.15, 0.2) is 24.3 Å². The second-order valence-corrected chi connectivity index (χ2v) is 6.97. The normalized spacial score (nSPS) is 11.6. The molecule has 0 spiro atoms. The molecule has 0 aromatic heterocycles. The number of nitrogens with two attached hydrogens (primary N) is 1. The van der Waals surface area contributed by atoms with Gasteiger partial charge in [0.1, 0.15) is 0 Å². The first-order valence-corrected chi connectivity index (χ1v) is 7.86. The number of nitrogens with zero attached hydrogens (tertiary/aromatic N) is 1. The van der Waals surface area contributed by atoms with Crippen LogP contribution in [-0.4, -0.2) is 23.0 Å². The van der Waals surface area contributed by atoms with Crippen molar-refractivity contribution in [2.75, 3.05) is 13.1 Å². The van der Waals surface area contributed by atoms with Gasteiger partial charge in [0.05, 0.1) is 4.99 Å². The Morgan fingerprint density at radius 1 is 1.10 bits per heavy atom. The lowest BCUT2D eigenvalue weighted by Crippen LogP contribution is -2.31. The van der Waals surface area contributed by atoms with Gasteiger partial charge in [0, 0.05) is 26.1 Å². The average Bonchev–Trinajstić information content (AvgIpc) is 2.26. The first-order valence-electron chi connectivity index (χ1n) is 7.45. The molecule has 0 aliphatic carbocycles. The van der Waals surface area contributed by atoms with Gasteiger partial charge in [0.15, 0.2) is 0 Å². The quantitative estimate of drug-likeness (QED) is 0.742. The zero-order valence-electron chi connectivity index (χ0n) is 13.2. The maximum Gasteiger partial charge on any atom is 0.0771 e. The molecule has 3 heteroatoms. The molecule has 0 aliphatic heterocycles. The maximum atomic E-state index is 5.63. The molecule has 2 nitrogen and oxygen atoms in total. The molecule has 0 saturated heterocycles. The van der Waals surface area contributed by atoms with Gasteiger partial charge in [-0.25, -0.2) is 0 Å². The molecule has 1 aromatic carbocycles. The molecule has 0 saturated carbocycles. The van der Waals surface area contributed by atoms with Crippen LogP contribution in [0.1, 0.15) is 38.8 Å². The molecule has 1 aromatic rings. The Kier molecular flexibility index (Phi) is 7.17. The summed E-state index contributed by atoms with van der Waals surface area (Å²) in [5.41, 5.74) is 8.19. The minimum atomic E-state index is 0.559. The zero-order chi connectivity index (χ0) is 15.1. The van der Waals surface area contributed by atoms with Crippen LogP contribution in [0.2, 0.25) is 0 Å². The van der Waals surface area contributed by atoms with Gasteiger partial charge >= 0.3 is 0 Å². The lowest BCUT2D eigenvalue weighted by atomic mass is 10.1. The molecular formula is C17H28N2S. The molecule has 0 atom stereocenters. The molecular weight excluding hydrogens is 264 g/mol. The van der Waals surface area contributed by atoms with Crippen molar-refractivity contribution in [1.29, 1.82) is 0 Å². The summed E-state index contributed by atoms with van der Waals surface area (Å²) in [4.78, 5) is 3.10. The van der Waals surface area contributed by atoms with Crippen molar-refractivity contribution in [1.82, 2.24) is 4.90 Å². The van der Waals surface area contributed by atoms with Crippen LogP contribution in [-0.2, 0) is 13.0 Å². The number of thiocarbonyl (C=S) groups is 1. The van der Waals surface area contributed by atoms with Gasteiger partial charge in [0.25, 0.3) is 0 Å². The number of hydrogen-bond donors (Lipinski definition) is 1. The Balaban J connectivity index is 2.73. The van der Waals surface area contributed by atoms with Crippen LogP contribution in [0.4, 0.5) is 0 Å². The SMILES string of the molecule is CC(C)CN(Cc1cccc(CC(N)=S)c1)CC(C)C. The molecule has 0 bridgehead atoms. The average molecular weight is 292 g/mol. The Morgan fingerprint density at radius 3 is 2.15 bits per heavy atom. The van der Waals surface area contributed by atoms with Gasteiger partial charge < -0.3 is 5.73 Å². The number of rotatable bonds is 8. The van der Waals surface area contributed by atoms with E-state index in [4.69, 9.17) is 18.0 Å². The van der Waals surface area contributed by atoms with Crippen LogP contribution >= 0.6 is 12.2 Å². The summed E-state index contributed by atoms with van der Waals surface area (Å²) in [6, 6.07) is 8.62. The number of hydrogen-bond acceptors (Lipinski definition) is 2. The third-order valence-electron chi connectivity index (χ3n) is 3.02. The summed E-state index contributed by atoms with van der Waals surface area (Å²) >= 11 is 4.99. The Labute approximate surface area is 129 Å². The summed E-state index contributed by atoms with van der Waals surface area (Å²) < 4.78 is 0. The molecule has 0 unspecified atom stereocenters. The molecule has 0 fully saturated rings. The fourth-order valence-electron chi connectivity index (χ4n) is 2.53. The van der Waals surface area contributed by atoms with Crippen molar-refractivity contribution in [2.45, 2.75) is 40.7 Å². The van der Waals surface area contributed by atoms with E-state index in [0.717, 1.165) is 19.6 Å². The van der Waals surface area contributed by atoms with E-state index < -0.39 is 0 Å². The van der Waals surface area contributed by atoms with Crippen molar-refractivity contribution in [3.05, 3.63) is 35.4 Å². The van der Waals surface area contributed by atoms with E-state index in [-0.39, 0.29) is 0 Å². The summed E-state index contributed by atoms with van der Waals surface area (Å²) in [5, 5.41) is 0. The maximum absolute atomic E-state index is 5.63. The summed E-state index contributed by atoms with van der Waals surface area (Å²) in [6.07, 6.45) is 0.692. The van der Waals surface area contributed by atoms with Crippen LogP contribution in [0.25, 0.3) is 0 Å². The monoisotopic (exact) mass is 292 g/mol. The Bertz CT molecular complexity index is 417. The van der Waals surface area contributed by atoms with Crippen molar-refractivity contribution in [2.24, 2.45) is 17.6 Å². The van der Waals surface area contributed by atoms with E-state index in [1.807, 2.05) is 0 Å². The molecule has 2 N–H and O–H groups in total. The third kappa shape index (κ3) is 7.01. The standard InChI is InChI=1S/C17H28N2S/c1-13(2)10-19(11-14(3)4)12-16-7-5-6-15(8-16)9-17(18)20/h5-8,13-14H,9-12H2,1-4H3,(H2,18,20). The van der Waals surface area contributed by atoms with E-state index in [2.05, 4.69) is 56.9 Å². The largest absolute Gasteiger partial charge is 0.393 e. The lowest BCUT2D eigenvalue weighted by Gasteiger charge is -2.26. The van der Waals surface area contributed by atoms with Gasteiger partial charge in [-0.2, -0.15) is 0 Å². The van der Waals surface area contributed by atoms with Gasteiger partial charge in [-0.3, -0.25) is 4.90 Å². The van der Waals surface area contributed by atoms with Crippen LogP contribution in [0, 0.1) is 11.8 Å². The third-order valence-corrected chi connectivity index (χ3v) is 3.17. The molecule has 0 amide bonds. The van der Waals surface area contributed by atoms with Crippen molar-refractivity contribution < 1.29 is 0 Å². The van der Waals surface area contributed by atoms with E-state index in [1.54, 1.807) is 0 Å². The topological polar surface area (TPSA) is 29.3 Å². The Morgan fingerprint density at radius 2 is 1.65 bits per heavy atom. The second kappa shape index (κ2) is 8.38. The van der Waals surface area contributed by atoms with E-state index in [9.17, 15) is 0 Å². The highest BCUT2D eigenvalue weighted by atomic mass is 32.1. The lowest BCUT2D eigenvalue weighted by molar-refractivity contribution is 0.211. The van der Waals surface area contributed by atoms with Crippen LogP contribution in [0.5, 0.6) is 0 Å².